The molecule has 0 saturated carbocycles. The summed E-state index contributed by atoms with van der Waals surface area (Å²) in [5, 5.41) is 2.58. The molecule has 6 aromatic rings. The molecule has 0 spiro atoms. The van der Waals surface area contributed by atoms with Crippen LogP contribution in [0.15, 0.2) is 85.1 Å². The van der Waals surface area contributed by atoms with Gasteiger partial charge in [0.2, 0.25) is 5.91 Å². The number of aromatic nitrogens is 3. The first kappa shape index (κ1) is 22.7. The molecule has 0 fully saturated rings. The molecule has 0 amide bonds. The number of hydrogen-bond donors (Lipinski definition) is 0. The van der Waals surface area contributed by atoms with Crippen LogP contribution in [0.3, 0.4) is 0 Å². The molecule has 3 aromatic heterocycles. The molecule has 7 heteroatoms. The van der Waals surface area contributed by atoms with Gasteiger partial charge in [-0.2, -0.15) is 0 Å². The minimum atomic E-state index is -0.555. The highest BCUT2D eigenvalue weighted by Crippen LogP contribution is 2.39. The predicted octanol–water partition coefficient (Wildman–Crippen LogP) is 6.45. The number of fused-ring (bicyclic) bond motifs is 4. The zero-order valence-corrected chi connectivity index (χ0v) is 20.2. The summed E-state index contributed by atoms with van der Waals surface area (Å²) in [6.07, 6.45) is 1.76. The van der Waals surface area contributed by atoms with Gasteiger partial charge in [-0.05, 0) is 35.9 Å². The Morgan fingerprint density at radius 3 is 2.35 bits per heavy atom. The van der Waals surface area contributed by atoms with Crippen LogP contribution < -0.4 is 0 Å². The molecule has 0 atom stereocenters. The lowest BCUT2D eigenvalue weighted by atomic mass is 10.1. The fraction of sp³-hybridized carbons (Fsp3) is 0.100. The van der Waals surface area contributed by atoms with Crippen molar-refractivity contribution in [1.29, 1.82) is 0 Å². The average molecular weight is 492 g/mol. The lowest BCUT2D eigenvalue weighted by Crippen LogP contribution is -2.07. The lowest BCUT2D eigenvalue weighted by Gasteiger charge is -2.12. The van der Waals surface area contributed by atoms with E-state index in [4.69, 9.17) is 9.72 Å². The van der Waals surface area contributed by atoms with E-state index in [0.717, 1.165) is 38.3 Å². The molecule has 0 bridgehead atoms. The Labute approximate surface area is 211 Å². The fourth-order valence-electron chi connectivity index (χ4n) is 5.08. The van der Waals surface area contributed by atoms with Gasteiger partial charge < -0.3 is 9.30 Å². The Morgan fingerprint density at radius 2 is 1.62 bits per heavy atom. The van der Waals surface area contributed by atoms with Crippen molar-refractivity contribution in [1.82, 2.24) is 14.1 Å². The number of nitrogens with zero attached hydrogens (tertiary/aromatic N) is 3. The van der Waals surface area contributed by atoms with Crippen LogP contribution in [0.2, 0.25) is 0 Å². The van der Waals surface area contributed by atoms with Gasteiger partial charge in [0.25, 0.3) is 0 Å². The van der Waals surface area contributed by atoms with E-state index < -0.39 is 5.97 Å². The van der Waals surface area contributed by atoms with Gasteiger partial charge in [0, 0.05) is 46.9 Å². The third-order valence-electron chi connectivity index (χ3n) is 6.68. The number of rotatable bonds is 4. The van der Waals surface area contributed by atoms with E-state index >= 15 is 0 Å². The molecule has 3 aromatic carbocycles. The van der Waals surface area contributed by atoms with E-state index in [1.165, 1.54) is 26.2 Å². The molecule has 6 rings (SSSR count). The standard InChI is InChI=1S/C30H22FN3O3/c1-18(35)33-17-24(22-11-4-5-12-26(22)33)28-29-23(15-25(32-28)30(36)37-2)21-10-3-6-13-27(21)34(29)16-19-8-7-9-20(31)14-19/h3-15,17H,16H2,1-2H3. The van der Waals surface area contributed by atoms with Crippen molar-refractivity contribution in [3.63, 3.8) is 0 Å². The molecule has 0 aliphatic rings. The summed E-state index contributed by atoms with van der Waals surface area (Å²) < 4.78 is 22.8. The summed E-state index contributed by atoms with van der Waals surface area (Å²) in [4.78, 5) is 30.0. The Balaban J connectivity index is 1.76. The number of benzene rings is 3. The summed E-state index contributed by atoms with van der Waals surface area (Å²) in [6, 6.07) is 23.7. The number of esters is 1. The van der Waals surface area contributed by atoms with Gasteiger partial charge >= 0.3 is 5.97 Å². The molecule has 0 saturated heterocycles. The summed E-state index contributed by atoms with van der Waals surface area (Å²) >= 11 is 0. The van der Waals surface area contributed by atoms with Crippen molar-refractivity contribution in [2.45, 2.75) is 13.5 Å². The molecule has 0 aliphatic heterocycles. The maximum absolute atomic E-state index is 14.1. The topological polar surface area (TPSA) is 66.1 Å². The van der Waals surface area contributed by atoms with Crippen LogP contribution in [0.25, 0.3) is 44.0 Å². The third-order valence-corrected chi connectivity index (χ3v) is 6.68. The van der Waals surface area contributed by atoms with Gasteiger partial charge in [-0.15, -0.1) is 0 Å². The second-order valence-corrected chi connectivity index (χ2v) is 8.93. The van der Waals surface area contributed by atoms with Gasteiger partial charge in [-0.25, -0.2) is 14.2 Å². The highest BCUT2D eigenvalue weighted by atomic mass is 19.1. The molecule has 3 heterocycles. The maximum Gasteiger partial charge on any atom is 0.356 e. The van der Waals surface area contributed by atoms with Crippen molar-refractivity contribution < 1.29 is 18.7 Å². The summed E-state index contributed by atoms with van der Waals surface area (Å²) in [7, 11) is 1.32. The third kappa shape index (κ3) is 3.67. The Kier molecular flexibility index (Phi) is 5.34. The average Bonchev–Trinajstić information content (AvgIpc) is 3.45. The molecular weight excluding hydrogens is 469 g/mol. The molecule has 182 valence electrons. The molecule has 0 aliphatic carbocycles. The van der Waals surface area contributed by atoms with Crippen LogP contribution in [0, 0.1) is 5.82 Å². The van der Waals surface area contributed by atoms with Gasteiger partial charge in [-0.3, -0.25) is 9.36 Å². The van der Waals surface area contributed by atoms with Gasteiger partial charge in [0.1, 0.15) is 11.5 Å². The summed E-state index contributed by atoms with van der Waals surface area (Å²) in [5.41, 5.74) is 4.66. The summed E-state index contributed by atoms with van der Waals surface area (Å²) in [6.45, 7) is 1.89. The van der Waals surface area contributed by atoms with Crippen LogP contribution in [-0.2, 0) is 11.3 Å². The fourth-order valence-corrected chi connectivity index (χ4v) is 5.08. The molecule has 0 unspecified atom stereocenters. The number of ether oxygens (including phenoxy) is 1. The first-order chi connectivity index (χ1) is 18.0. The molecule has 0 radical (unpaired) electrons. The lowest BCUT2D eigenvalue weighted by molar-refractivity contribution is 0.0594. The zero-order valence-electron chi connectivity index (χ0n) is 20.2. The second-order valence-electron chi connectivity index (χ2n) is 8.93. The van der Waals surface area contributed by atoms with Crippen LogP contribution >= 0.6 is 0 Å². The minimum absolute atomic E-state index is 0.136. The SMILES string of the molecule is COC(=O)c1cc2c3ccccc3n(Cc3cccc(F)c3)c2c(-c2cn(C(C)=O)c3ccccc23)n1. The quantitative estimate of drug-likeness (QED) is 0.266. The normalized spacial score (nSPS) is 11.4. The van der Waals surface area contributed by atoms with Crippen LogP contribution in [0.1, 0.15) is 27.8 Å². The minimum Gasteiger partial charge on any atom is -0.464 e. The van der Waals surface area contributed by atoms with E-state index in [9.17, 15) is 14.0 Å². The van der Waals surface area contributed by atoms with Crippen molar-refractivity contribution >= 4 is 44.6 Å². The van der Waals surface area contributed by atoms with Crippen molar-refractivity contribution in [2.75, 3.05) is 7.11 Å². The highest BCUT2D eigenvalue weighted by Gasteiger charge is 2.23. The first-order valence-electron chi connectivity index (χ1n) is 11.8. The number of pyridine rings is 1. The summed E-state index contributed by atoms with van der Waals surface area (Å²) in [5.74, 6) is -1.00. The second kappa shape index (κ2) is 8.71. The van der Waals surface area contributed by atoms with E-state index in [1.807, 2.05) is 54.6 Å². The van der Waals surface area contributed by atoms with Crippen molar-refractivity contribution in [3.8, 4) is 11.3 Å². The monoisotopic (exact) mass is 491 g/mol. The zero-order chi connectivity index (χ0) is 25.7. The van der Waals surface area contributed by atoms with Crippen molar-refractivity contribution in [3.05, 3.63) is 102 Å². The smallest absolute Gasteiger partial charge is 0.356 e. The Morgan fingerprint density at radius 1 is 0.892 bits per heavy atom. The number of para-hydroxylation sites is 2. The predicted molar refractivity (Wildman–Crippen MR) is 141 cm³/mol. The Hall–Kier alpha value is -4.78. The van der Waals surface area contributed by atoms with E-state index in [-0.39, 0.29) is 17.4 Å². The van der Waals surface area contributed by atoms with Crippen LogP contribution in [0.4, 0.5) is 4.39 Å². The van der Waals surface area contributed by atoms with Gasteiger partial charge in [-0.1, -0.05) is 48.5 Å². The van der Waals surface area contributed by atoms with Crippen molar-refractivity contribution in [2.24, 2.45) is 0 Å². The number of methoxy groups -OCH3 is 1. The first-order valence-corrected chi connectivity index (χ1v) is 11.8. The van der Waals surface area contributed by atoms with E-state index in [2.05, 4.69) is 4.57 Å². The van der Waals surface area contributed by atoms with Crippen LogP contribution in [0.5, 0.6) is 0 Å². The molecule has 6 nitrogen and oxygen atoms in total. The number of carbonyl (C=O) groups is 2. The van der Waals surface area contributed by atoms with E-state index in [1.54, 1.807) is 22.9 Å². The highest BCUT2D eigenvalue weighted by molar-refractivity contribution is 6.16. The largest absolute Gasteiger partial charge is 0.464 e. The number of hydrogen-bond acceptors (Lipinski definition) is 4. The number of carbonyl (C=O) groups excluding carboxylic acids is 2. The maximum atomic E-state index is 14.1. The van der Waals surface area contributed by atoms with Crippen LogP contribution in [-0.4, -0.2) is 33.1 Å². The molecule has 0 N–H and O–H groups in total. The van der Waals surface area contributed by atoms with E-state index in [0.29, 0.717) is 17.8 Å². The molecule has 37 heavy (non-hydrogen) atoms. The molecular formula is C30H22FN3O3. The Bertz CT molecular complexity index is 1870. The van der Waals surface area contributed by atoms with Gasteiger partial charge in [0.05, 0.1) is 23.8 Å². The number of halogens is 1. The van der Waals surface area contributed by atoms with Gasteiger partial charge in [0.15, 0.2) is 0 Å².